The molecule has 0 saturated carbocycles. The fourth-order valence-corrected chi connectivity index (χ4v) is 2.33. The Balaban J connectivity index is 2.07. The molecule has 0 aromatic heterocycles. The number of hydrogen-bond donors (Lipinski definition) is 1. The summed E-state index contributed by atoms with van der Waals surface area (Å²) in [7, 11) is 0. The molecule has 1 fully saturated rings. The van der Waals surface area contributed by atoms with Crippen molar-refractivity contribution in [1.29, 1.82) is 0 Å². The molecule has 0 atom stereocenters. The third-order valence-electron chi connectivity index (χ3n) is 3.05. The summed E-state index contributed by atoms with van der Waals surface area (Å²) in [5.41, 5.74) is -0.110. The first kappa shape index (κ1) is 14.3. The fourth-order valence-electron chi connectivity index (χ4n) is 2.10. The lowest BCUT2D eigenvalue weighted by Crippen LogP contribution is -2.50. The molecule has 1 saturated heterocycles. The number of nitrogens with zero attached hydrogens (tertiary/aromatic N) is 2. The van der Waals surface area contributed by atoms with Crippen molar-refractivity contribution < 1.29 is 19.6 Å². The number of aliphatic carboxylic acids is 1. The summed E-state index contributed by atoms with van der Waals surface area (Å²) in [6.45, 7) is 0.677. The molecule has 1 amide bonds. The van der Waals surface area contributed by atoms with Crippen LogP contribution in [-0.4, -0.2) is 39.9 Å². The van der Waals surface area contributed by atoms with Crippen molar-refractivity contribution in [3.63, 3.8) is 0 Å². The number of rotatable bonds is 4. The molecule has 1 aromatic rings. The maximum atomic E-state index is 12.1. The minimum atomic E-state index is -0.902. The lowest BCUT2D eigenvalue weighted by Gasteiger charge is -2.38. The van der Waals surface area contributed by atoms with Crippen LogP contribution < -0.4 is 0 Å². The van der Waals surface area contributed by atoms with E-state index in [4.69, 9.17) is 16.7 Å². The largest absolute Gasteiger partial charge is 0.481 e. The van der Waals surface area contributed by atoms with E-state index in [0.717, 1.165) is 0 Å². The number of non-ortho nitro benzene ring substituents is 1. The van der Waals surface area contributed by atoms with Gasteiger partial charge in [-0.25, -0.2) is 0 Å². The zero-order valence-corrected chi connectivity index (χ0v) is 11.0. The second kappa shape index (κ2) is 5.46. The van der Waals surface area contributed by atoms with E-state index in [9.17, 15) is 19.7 Å². The number of halogens is 1. The Labute approximate surface area is 118 Å². The van der Waals surface area contributed by atoms with Crippen molar-refractivity contribution in [2.45, 2.75) is 6.42 Å². The average Bonchev–Trinajstić information content (AvgIpc) is 2.31. The minimum absolute atomic E-state index is 0.0134. The van der Waals surface area contributed by atoms with Crippen molar-refractivity contribution in [3.8, 4) is 0 Å². The van der Waals surface area contributed by atoms with Gasteiger partial charge in [0.05, 0.1) is 11.3 Å². The Hall–Kier alpha value is -2.15. The summed E-state index contributed by atoms with van der Waals surface area (Å²) >= 11 is 5.75. The molecule has 0 unspecified atom stereocenters. The first-order valence-electron chi connectivity index (χ1n) is 5.83. The number of hydrogen-bond acceptors (Lipinski definition) is 4. The summed E-state index contributed by atoms with van der Waals surface area (Å²) in [5, 5.41) is 19.5. The highest BCUT2D eigenvalue weighted by molar-refractivity contribution is 6.31. The zero-order valence-electron chi connectivity index (χ0n) is 10.3. The Morgan fingerprint density at radius 3 is 2.60 bits per heavy atom. The lowest BCUT2D eigenvalue weighted by molar-refractivity contribution is -0.384. The van der Waals surface area contributed by atoms with E-state index in [1.54, 1.807) is 0 Å². The van der Waals surface area contributed by atoms with Gasteiger partial charge in [0, 0.05) is 41.7 Å². The van der Waals surface area contributed by atoms with E-state index < -0.39 is 10.9 Å². The number of carboxylic acids is 1. The molecule has 1 aliphatic heterocycles. The van der Waals surface area contributed by atoms with Crippen LogP contribution in [0, 0.1) is 16.0 Å². The molecule has 0 spiro atoms. The van der Waals surface area contributed by atoms with Gasteiger partial charge in [0.1, 0.15) is 0 Å². The first-order valence-corrected chi connectivity index (χ1v) is 6.20. The van der Waals surface area contributed by atoms with Crippen LogP contribution in [0.25, 0.3) is 0 Å². The highest BCUT2D eigenvalue weighted by atomic mass is 35.5. The molecular weight excluding hydrogens is 288 g/mol. The lowest BCUT2D eigenvalue weighted by atomic mass is 9.95. The Bertz CT molecular complexity index is 583. The molecule has 0 aliphatic carbocycles. The van der Waals surface area contributed by atoms with Gasteiger partial charge in [0.25, 0.3) is 11.6 Å². The predicted molar refractivity (Wildman–Crippen MR) is 69.8 cm³/mol. The molecule has 0 bridgehead atoms. The summed E-state index contributed by atoms with van der Waals surface area (Å²) < 4.78 is 0. The van der Waals surface area contributed by atoms with Gasteiger partial charge < -0.3 is 10.0 Å². The molecule has 8 heteroatoms. The third kappa shape index (κ3) is 3.05. The number of benzene rings is 1. The maximum absolute atomic E-state index is 12.1. The number of carbonyl (C=O) groups is 2. The fraction of sp³-hybridized carbons (Fsp3) is 0.333. The van der Waals surface area contributed by atoms with E-state index in [1.807, 2.05) is 0 Å². The van der Waals surface area contributed by atoms with Gasteiger partial charge in [-0.05, 0) is 6.07 Å². The van der Waals surface area contributed by atoms with E-state index in [2.05, 4.69) is 0 Å². The molecule has 0 radical (unpaired) electrons. The average molecular weight is 299 g/mol. The van der Waals surface area contributed by atoms with Gasteiger partial charge in [-0.1, -0.05) is 11.6 Å². The molecule has 106 valence electrons. The van der Waals surface area contributed by atoms with Crippen molar-refractivity contribution in [1.82, 2.24) is 4.90 Å². The summed E-state index contributed by atoms with van der Waals surface area (Å²) in [6.07, 6.45) is 0.0134. The molecule has 1 heterocycles. The standard InChI is InChI=1S/C12H11ClN2O5/c13-9-2-8(3-10(4-9)15(19)20)12(18)14-5-7(6-14)1-11(16)17/h2-4,7H,1,5-6H2,(H,16,17). The molecule has 20 heavy (non-hydrogen) atoms. The SMILES string of the molecule is O=C(O)CC1CN(C(=O)c2cc(Cl)cc([N+](=O)[O-])c2)C1. The number of amides is 1. The van der Waals surface area contributed by atoms with Crippen LogP contribution in [0.4, 0.5) is 5.69 Å². The van der Waals surface area contributed by atoms with Crippen LogP contribution >= 0.6 is 11.6 Å². The number of nitro groups is 1. The van der Waals surface area contributed by atoms with Gasteiger partial charge in [-0.2, -0.15) is 0 Å². The van der Waals surface area contributed by atoms with Crippen LogP contribution in [-0.2, 0) is 4.79 Å². The van der Waals surface area contributed by atoms with Crippen LogP contribution in [0.3, 0.4) is 0 Å². The van der Waals surface area contributed by atoms with E-state index in [-0.39, 0.29) is 34.5 Å². The van der Waals surface area contributed by atoms with Gasteiger partial charge in [-0.15, -0.1) is 0 Å². The minimum Gasteiger partial charge on any atom is -0.481 e. The zero-order chi connectivity index (χ0) is 14.9. The van der Waals surface area contributed by atoms with Crippen molar-refractivity contribution >= 4 is 29.2 Å². The summed E-state index contributed by atoms with van der Waals surface area (Å²) in [4.78, 5) is 34.1. The van der Waals surface area contributed by atoms with Gasteiger partial charge >= 0.3 is 5.97 Å². The van der Waals surface area contributed by atoms with E-state index >= 15 is 0 Å². The van der Waals surface area contributed by atoms with Gasteiger partial charge in [-0.3, -0.25) is 19.7 Å². The summed E-state index contributed by atoms with van der Waals surface area (Å²) in [6, 6.07) is 3.70. The molecule has 1 N–H and O–H groups in total. The third-order valence-corrected chi connectivity index (χ3v) is 3.27. The second-order valence-corrected chi connectivity index (χ2v) is 5.07. The molecule has 7 nitrogen and oxygen atoms in total. The van der Waals surface area contributed by atoms with Gasteiger partial charge in [0.15, 0.2) is 0 Å². The summed E-state index contributed by atoms with van der Waals surface area (Å²) in [5.74, 6) is -1.34. The van der Waals surface area contributed by atoms with Crippen LogP contribution in [0.15, 0.2) is 18.2 Å². The smallest absolute Gasteiger partial charge is 0.303 e. The molecule has 1 aromatic carbocycles. The van der Waals surface area contributed by atoms with Crippen LogP contribution in [0.5, 0.6) is 0 Å². The van der Waals surface area contributed by atoms with Crippen molar-refractivity contribution in [2.24, 2.45) is 5.92 Å². The highest BCUT2D eigenvalue weighted by Crippen LogP contribution is 2.25. The van der Waals surface area contributed by atoms with E-state index in [0.29, 0.717) is 13.1 Å². The second-order valence-electron chi connectivity index (χ2n) is 4.63. The molecular formula is C12H11ClN2O5. The highest BCUT2D eigenvalue weighted by Gasteiger charge is 2.33. The number of nitro benzene ring substituents is 1. The van der Waals surface area contributed by atoms with E-state index in [1.165, 1.54) is 23.1 Å². The maximum Gasteiger partial charge on any atom is 0.303 e. The molecule has 1 aliphatic rings. The number of likely N-dealkylation sites (tertiary alicyclic amines) is 1. The Morgan fingerprint density at radius 2 is 2.05 bits per heavy atom. The predicted octanol–water partition coefficient (Wildman–Crippen LogP) is 1.79. The monoisotopic (exact) mass is 298 g/mol. The normalized spacial score (nSPS) is 14.8. The Kier molecular flexibility index (Phi) is 3.89. The van der Waals surface area contributed by atoms with Crippen LogP contribution in [0.2, 0.25) is 5.02 Å². The Morgan fingerprint density at radius 1 is 1.40 bits per heavy atom. The first-order chi connectivity index (χ1) is 9.36. The van der Waals surface area contributed by atoms with Crippen LogP contribution in [0.1, 0.15) is 16.8 Å². The quantitative estimate of drug-likeness (QED) is 0.674. The van der Waals surface area contributed by atoms with Gasteiger partial charge in [0.2, 0.25) is 0 Å². The van der Waals surface area contributed by atoms with Crippen molar-refractivity contribution in [2.75, 3.05) is 13.1 Å². The topological polar surface area (TPSA) is 101 Å². The molecule has 2 rings (SSSR count). The van der Waals surface area contributed by atoms with Crippen molar-refractivity contribution in [3.05, 3.63) is 38.9 Å². The number of carbonyl (C=O) groups excluding carboxylic acids is 1. The number of carboxylic acid groups (broad SMARTS) is 1.